The molecule has 0 atom stereocenters. The van der Waals surface area contributed by atoms with Gasteiger partial charge in [0.25, 0.3) is 0 Å². The summed E-state index contributed by atoms with van der Waals surface area (Å²) in [6.07, 6.45) is 5.19. The summed E-state index contributed by atoms with van der Waals surface area (Å²) in [5, 5.41) is 6.39. The monoisotopic (exact) mass is 327 g/mol. The van der Waals surface area contributed by atoms with Crippen molar-refractivity contribution in [2.75, 3.05) is 5.43 Å². The van der Waals surface area contributed by atoms with Gasteiger partial charge in [0, 0.05) is 28.0 Å². The molecule has 0 unspecified atom stereocenters. The second-order valence-corrected chi connectivity index (χ2v) is 5.66. The quantitative estimate of drug-likeness (QED) is 0.382. The third kappa shape index (κ3) is 2.23. The van der Waals surface area contributed by atoms with Gasteiger partial charge >= 0.3 is 0 Å². The molecule has 0 bridgehead atoms. The number of hydrogen-bond donors (Lipinski definition) is 2. The third-order valence-electron chi connectivity index (χ3n) is 4.15. The van der Waals surface area contributed by atoms with E-state index in [1.54, 1.807) is 6.21 Å². The largest absolute Gasteiger partial charge is 0.450 e. The Balaban J connectivity index is 1.52. The van der Waals surface area contributed by atoms with Crippen molar-refractivity contribution in [2.24, 2.45) is 5.10 Å². The minimum Gasteiger partial charge on any atom is -0.450 e. The van der Waals surface area contributed by atoms with Gasteiger partial charge in [-0.25, -0.2) is 9.97 Å². The normalized spacial score (nSPS) is 11.8. The van der Waals surface area contributed by atoms with Crippen LogP contribution in [0, 0.1) is 0 Å². The van der Waals surface area contributed by atoms with Gasteiger partial charge in [-0.15, -0.1) is 0 Å². The summed E-state index contributed by atoms with van der Waals surface area (Å²) in [6, 6.07) is 15.9. The van der Waals surface area contributed by atoms with Gasteiger partial charge in [-0.2, -0.15) is 5.10 Å². The van der Waals surface area contributed by atoms with Gasteiger partial charge in [-0.3, -0.25) is 5.43 Å². The zero-order valence-corrected chi connectivity index (χ0v) is 13.1. The Morgan fingerprint density at radius 3 is 2.80 bits per heavy atom. The Morgan fingerprint density at radius 1 is 1.00 bits per heavy atom. The predicted octanol–water partition coefficient (Wildman–Crippen LogP) is 4.30. The number of hydrazone groups is 1. The Labute approximate surface area is 142 Å². The van der Waals surface area contributed by atoms with E-state index in [2.05, 4.69) is 31.5 Å². The topological polar surface area (TPSA) is 79.1 Å². The molecule has 0 saturated carbocycles. The molecule has 5 rings (SSSR count). The number of hydrogen-bond acceptors (Lipinski definition) is 5. The van der Waals surface area contributed by atoms with Crippen LogP contribution in [-0.2, 0) is 0 Å². The van der Waals surface area contributed by atoms with Crippen molar-refractivity contribution in [3.63, 3.8) is 0 Å². The molecule has 0 radical (unpaired) electrons. The minimum absolute atomic E-state index is 0.539. The highest BCUT2D eigenvalue weighted by Gasteiger charge is 2.12. The lowest BCUT2D eigenvalue weighted by Gasteiger charge is -1.98. The van der Waals surface area contributed by atoms with E-state index in [-0.39, 0.29) is 0 Å². The average Bonchev–Trinajstić information content (AvgIpc) is 3.24. The number of anilines is 1. The first-order valence-electron chi connectivity index (χ1n) is 7.87. The van der Waals surface area contributed by atoms with Gasteiger partial charge < -0.3 is 9.40 Å². The molecule has 2 aromatic carbocycles. The number of H-pyrrole nitrogens is 1. The van der Waals surface area contributed by atoms with Crippen molar-refractivity contribution < 1.29 is 4.42 Å². The molecule has 0 saturated heterocycles. The molecule has 6 nitrogen and oxygen atoms in total. The van der Waals surface area contributed by atoms with Gasteiger partial charge in [0.05, 0.1) is 6.21 Å². The number of para-hydroxylation sites is 2. The minimum atomic E-state index is 0.539. The summed E-state index contributed by atoms with van der Waals surface area (Å²) >= 11 is 0. The Hall–Kier alpha value is -3.67. The molecule has 0 amide bonds. The molecular weight excluding hydrogens is 314 g/mol. The standard InChI is InChI=1S/C19H13N5O/c1-3-7-15-13(5-1)12(9-20-15)10-23-24-19-18-17(21-11-22-19)14-6-2-4-8-16(14)25-18/h1-11,20H,(H,21,22,24)/b23-10+. The number of rotatable bonds is 3. The van der Waals surface area contributed by atoms with Crippen LogP contribution in [0.1, 0.15) is 5.56 Å². The number of nitrogens with one attached hydrogen (secondary N) is 2. The summed E-state index contributed by atoms with van der Waals surface area (Å²) < 4.78 is 5.87. The van der Waals surface area contributed by atoms with E-state index >= 15 is 0 Å². The lowest BCUT2D eigenvalue weighted by atomic mass is 10.2. The van der Waals surface area contributed by atoms with E-state index in [1.165, 1.54) is 6.33 Å². The highest BCUT2D eigenvalue weighted by atomic mass is 16.3. The van der Waals surface area contributed by atoms with Gasteiger partial charge in [0.15, 0.2) is 11.4 Å². The van der Waals surface area contributed by atoms with Crippen LogP contribution in [0.3, 0.4) is 0 Å². The van der Waals surface area contributed by atoms with Crippen molar-refractivity contribution in [3.05, 3.63) is 66.6 Å². The van der Waals surface area contributed by atoms with Crippen molar-refractivity contribution in [1.29, 1.82) is 0 Å². The molecule has 0 aliphatic heterocycles. The van der Waals surface area contributed by atoms with Crippen LogP contribution >= 0.6 is 0 Å². The molecule has 25 heavy (non-hydrogen) atoms. The third-order valence-corrected chi connectivity index (χ3v) is 4.15. The van der Waals surface area contributed by atoms with E-state index < -0.39 is 0 Å². The number of nitrogens with zero attached hydrogens (tertiary/aromatic N) is 3. The van der Waals surface area contributed by atoms with Gasteiger partial charge in [0.1, 0.15) is 17.4 Å². The fraction of sp³-hybridized carbons (Fsp3) is 0. The molecule has 120 valence electrons. The number of benzene rings is 2. The molecule has 0 fully saturated rings. The first-order valence-corrected chi connectivity index (χ1v) is 7.87. The van der Waals surface area contributed by atoms with E-state index in [9.17, 15) is 0 Å². The van der Waals surface area contributed by atoms with Crippen LogP contribution in [0.25, 0.3) is 33.0 Å². The maximum absolute atomic E-state index is 5.87. The molecule has 5 aromatic rings. The molecule has 6 heteroatoms. The average molecular weight is 327 g/mol. The summed E-state index contributed by atoms with van der Waals surface area (Å²) in [6.45, 7) is 0. The highest BCUT2D eigenvalue weighted by Crippen LogP contribution is 2.30. The van der Waals surface area contributed by atoms with E-state index in [4.69, 9.17) is 4.42 Å². The molecule has 0 aliphatic carbocycles. The maximum Gasteiger partial charge on any atom is 0.197 e. The Bertz CT molecular complexity index is 1230. The number of aromatic nitrogens is 3. The second-order valence-electron chi connectivity index (χ2n) is 5.66. The van der Waals surface area contributed by atoms with Gasteiger partial charge in [-0.1, -0.05) is 30.3 Å². The molecule has 0 spiro atoms. The van der Waals surface area contributed by atoms with Crippen molar-refractivity contribution >= 4 is 45.0 Å². The first kappa shape index (κ1) is 13.7. The molecular formula is C19H13N5O. The van der Waals surface area contributed by atoms with Crippen LogP contribution in [0.15, 0.2) is 70.6 Å². The first-order chi connectivity index (χ1) is 12.4. The fourth-order valence-electron chi connectivity index (χ4n) is 2.97. The molecule has 3 aromatic heterocycles. The SMILES string of the molecule is C(=N\Nc1ncnc2c1oc1ccccc12)/c1c[nH]c2ccccc12. The number of furan rings is 1. The fourth-order valence-corrected chi connectivity index (χ4v) is 2.97. The van der Waals surface area contributed by atoms with Gasteiger partial charge in [0.2, 0.25) is 0 Å². The van der Waals surface area contributed by atoms with Crippen LogP contribution < -0.4 is 5.43 Å². The Kier molecular flexibility index (Phi) is 3.00. The summed E-state index contributed by atoms with van der Waals surface area (Å²) in [5.74, 6) is 0.539. The van der Waals surface area contributed by atoms with Crippen LogP contribution in [0.5, 0.6) is 0 Å². The zero-order valence-electron chi connectivity index (χ0n) is 13.1. The van der Waals surface area contributed by atoms with E-state index in [0.717, 1.165) is 33.0 Å². The van der Waals surface area contributed by atoms with E-state index in [1.807, 2.05) is 48.7 Å². The zero-order chi connectivity index (χ0) is 16.6. The van der Waals surface area contributed by atoms with Crippen molar-refractivity contribution in [1.82, 2.24) is 15.0 Å². The van der Waals surface area contributed by atoms with Gasteiger partial charge in [-0.05, 0) is 18.2 Å². The summed E-state index contributed by atoms with van der Waals surface area (Å²) in [4.78, 5) is 11.8. The number of fused-ring (bicyclic) bond motifs is 4. The Morgan fingerprint density at radius 2 is 1.84 bits per heavy atom. The maximum atomic E-state index is 5.87. The second kappa shape index (κ2) is 5.45. The molecule has 2 N–H and O–H groups in total. The van der Waals surface area contributed by atoms with Crippen LogP contribution in [0.2, 0.25) is 0 Å². The van der Waals surface area contributed by atoms with Crippen LogP contribution in [0.4, 0.5) is 5.82 Å². The van der Waals surface area contributed by atoms with Crippen molar-refractivity contribution in [2.45, 2.75) is 0 Å². The number of aromatic amines is 1. The van der Waals surface area contributed by atoms with E-state index in [0.29, 0.717) is 11.4 Å². The summed E-state index contributed by atoms with van der Waals surface area (Å²) in [7, 11) is 0. The summed E-state index contributed by atoms with van der Waals surface area (Å²) in [5.41, 5.74) is 7.18. The highest BCUT2D eigenvalue weighted by molar-refractivity contribution is 6.05. The van der Waals surface area contributed by atoms with Crippen LogP contribution in [-0.4, -0.2) is 21.2 Å². The lowest BCUT2D eigenvalue weighted by Crippen LogP contribution is -1.94. The smallest absolute Gasteiger partial charge is 0.197 e. The van der Waals surface area contributed by atoms with Crippen molar-refractivity contribution in [3.8, 4) is 0 Å². The predicted molar refractivity (Wildman–Crippen MR) is 98.8 cm³/mol. The molecule has 0 aliphatic rings. The lowest BCUT2D eigenvalue weighted by molar-refractivity contribution is 0.667. The molecule has 3 heterocycles.